The Morgan fingerprint density at radius 2 is 1.87 bits per heavy atom. The van der Waals surface area contributed by atoms with Crippen molar-refractivity contribution in [2.45, 2.75) is 84.4 Å². The Labute approximate surface area is 183 Å². The summed E-state index contributed by atoms with van der Waals surface area (Å²) in [6.07, 6.45) is 6.66. The monoisotopic (exact) mass is 433 g/mol. The number of imide groups is 1. The van der Waals surface area contributed by atoms with Crippen LogP contribution in [0.15, 0.2) is 6.20 Å². The van der Waals surface area contributed by atoms with Crippen molar-refractivity contribution in [3.05, 3.63) is 11.9 Å². The summed E-state index contributed by atoms with van der Waals surface area (Å²) >= 11 is 0. The van der Waals surface area contributed by atoms with Crippen LogP contribution in [0.2, 0.25) is 0 Å². The van der Waals surface area contributed by atoms with Crippen LogP contribution in [0.3, 0.4) is 0 Å². The maximum atomic E-state index is 12.6. The Kier molecular flexibility index (Phi) is 7.80. The molecule has 172 valence electrons. The third-order valence-corrected chi connectivity index (χ3v) is 6.32. The molecule has 9 nitrogen and oxygen atoms in total. The fourth-order valence-electron chi connectivity index (χ4n) is 4.39. The zero-order chi connectivity index (χ0) is 22.4. The Morgan fingerprint density at radius 1 is 1.19 bits per heavy atom. The lowest BCUT2D eigenvalue weighted by Crippen LogP contribution is -2.37. The van der Waals surface area contributed by atoms with Gasteiger partial charge in [0.1, 0.15) is 5.69 Å². The van der Waals surface area contributed by atoms with Crippen molar-refractivity contribution in [2.24, 2.45) is 11.8 Å². The van der Waals surface area contributed by atoms with Crippen LogP contribution in [-0.2, 0) is 32.2 Å². The number of nitrogens with one attached hydrogen (secondary N) is 1. The van der Waals surface area contributed by atoms with E-state index in [1.807, 2.05) is 13.1 Å². The van der Waals surface area contributed by atoms with Crippen LogP contribution in [0.4, 0.5) is 0 Å². The lowest BCUT2D eigenvalue weighted by Gasteiger charge is -2.30. The van der Waals surface area contributed by atoms with Gasteiger partial charge < -0.3 is 10.1 Å². The maximum absolute atomic E-state index is 12.6. The van der Waals surface area contributed by atoms with Crippen LogP contribution < -0.4 is 5.32 Å². The molecule has 1 N–H and O–H groups in total. The molecule has 1 aliphatic carbocycles. The molecule has 2 heterocycles. The van der Waals surface area contributed by atoms with Crippen LogP contribution in [0.25, 0.3) is 0 Å². The third-order valence-electron chi connectivity index (χ3n) is 6.32. The van der Waals surface area contributed by atoms with Crippen molar-refractivity contribution < 1.29 is 19.1 Å². The van der Waals surface area contributed by atoms with E-state index in [-0.39, 0.29) is 29.2 Å². The van der Waals surface area contributed by atoms with Crippen LogP contribution in [0.5, 0.6) is 0 Å². The Hall–Kier alpha value is -2.29. The molecular formula is C22H35N5O4. The van der Waals surface area contributed by atoms with Gasteiger partial charge in [0, 0.05) is 38.5 Å². The molecule has 2 aliphatic rings. The van der Waals surface area contributed by atoms with Crippen molar-refractivity contribution in [3.63, 3.8) is 0 Å². The molecule has 3 rings (SSSR count). The van der Waals surface area contributed by atoms with Gasteiger partial charge in [-0.3, -0.25) is 24.0 Å². The molecule has 0 radical (unpaired) electrons. The van der Waals surface area contributed by atoms with Gasteiger partial charge in [0.05, 0.1) is 18.3 Å². The number of rotatable bonds is 10. The molecule has 1 saturated heterocycles. The molecule has 31 heavy (non-hydrogen) atoms. The molecular weight excluding hydrogens is 398 g/mol. The van der Waals surface area contributed by atoms with E-state index in [9.17, 15) is 14.4 Å². The van der Waals surface area contributed by atoms with Crippen molar-refractivity contribution in [1.82, 2.24) is 25.2 Å². The van der Waals surface area contributed by atoms with E-state index >= 15 is 0 Å². The van der Waals surface area contributed by atoms with Crippen molar-refractivity contribution in [3.8, 4) is 0 Å². The number of amides is 3. The summed E-state index contributed by atoms with van der Waals surface area (Å²) in [7, 11) is 0. The van der Waals surface area contributed by atoms with Gasteiger partial charge in [-0.25, -0.2) is 0 Å². The molecule has 3 amide bonds. The number of carbonyl (C=O) groups excluding carboxylic acids is 3. The molecule has 1 saturated carbocycles. The fourth-order valence-corrected chi connectivity index (χ4v) is 4.39. The number of carbonyl (C=O) groups is 3. The van der Waals surface area contributed by atoms with Gasteiger partial charge in [-0.05, 0) is 58.8 Å². The standard InChI is InChI=1S/C22H35N5O4/c1-4-31-22(2,3)11-12-26-15-18(24-25-26)13-23-21(30)17-7-5-16(6-8-17)14-27-19(28)9-10-20(27)29/h15-17H,4-14H2,1-3H3,(H,23,30). The number of ether oxygens (including phenoxy) is 1. The van der Waals surface area contributed by atoms with Crippen molar-refractivity contribution in [1.29, 1.82) is 0 Å². The maximum Gasteiger partial charge on any atom is 0.229 e. The second-order valence-corrected chi connectivity index (χ2v) is 9.25. The van der Waals surface area contributed by atoms with E-state index in [0.717, 1.165) is 37.8 Å². The quantitative estimate of drug-likeness (QED) is 0.566. The highest BCUT2D eigenvalue weighted by Gasteiger charge is 2.33. The van der Waals surface area contributed by atoms with Crippen LogP contribution in [0.1, 0.15) is 71.4 Å². The van der Waals surface area contributed by atoms with E-state index in [1.54, 1.807) is 4.68 Å². The lowest BCUT2D eigenvalue weighted by atomic mass is 9.81. The average molecular weight is 434 g/mol. The molecule has 9 heteroatoms. The van der Waals surface area contributed by atoms with Crippen molar-refractivity contribution in [2.75, 3.05) is 13.2 Å². The fraction of sp³-hybridized carbons (Fsp3) is 0.773. The zero-order valence-electron chi connectivity index (χ0n) is 18.9. The molecule has 0 unspecified atom stereocenters. The largest absolute Gasteiger partial charge is 0.376 e. The van der Waals surface area contributed by atoms with Crippen LogP contribution in [-0.4, -0.2) is 56.4 Å². The van der Waals surface area contributed by atoms with E-state index in [1.165, 1.54) is 4.90 Å². The first-order valence-corrected chi connectivity index (χ1v) is 11.4. The summed E-state index contributed by atoms with van der Waals surface area (Å²) in [5, 5.41) is 11.3. The topological polar surface area (TPSA) is 106 Å². The summed E-state index contributed by atoms with van der Waals surface area (Å²) < 4.78 is 7.49. The number of aromatic nitrogens is 3. The summed E-state index contributed by atoms with van der Waals surface area (Å²) in [4.78, 5) is 37.6. The molecule has 2 fully saturated rings. The number of hydrogen-bond acceptors (Lipinski definition) is 6. The van der Waals surface area contributed by atoms with Gasteiger partial charge in [-0.2, -0.15) is 0 Å². The summed E-state index contributed by atoms with van der Waals surface area (Å²) in [6, 6.07) is 0. The van der Waals surface area contributed by atoms with Gasteiger partial charge >= 0.3 is 0 Å². The highest BCUT2D eigenvalue weighted by atomic mass is 16.5. The Morgan fingerprint density at radius 3 is 2.52 bits per heavy atom. The van der Waals surface area contributed by atoms with Crippen molar-refractivity contribution >= 4 is 17.7 Å². The van der Waals surface area contributed by atoms with E-state index < -0.39 is 0 Å². The number of hydrogen-bond donors (Lipinski definition) is 1. The average Bonchev–Trinajstić information content (AvgIpc) is 3.33. The van der Waals surface area contributed by atoms with E-state index in [0.29, 0.717) is 45.0 Å². The molecule has 0 spiro atoms. The molecule has 1 aliphatic heterocycles. The first-order chi connectivity index (χ1) is 14.8. The Balaban J connectivity index is 1.37. The minimum Gasteiger partial charge on any atom is -0.376 e. The normalized spacial score (nSPS) is 22.2. The van der Waals surface area contributed by atoms with Gasteiger partial charge in [-0.15, -0.1) is 5.10 Å². The molecule has 1 aromatic heterocycles. The highest BCUT2D eigenvalue weighted by Crippen LogP contribution is 2.30. The molecule has 0 atom stereocenters. The SMILES string of the molecule is CCOC(C)(C)CCn1cc(CNC(=O)C2CCC(CN3C(=O)CCC3=O)CC2)nn1. The lowest BCUT2D eigenvalue weighted by molar-refractivity contribution is -0.139. The summed E-state index contributed by atoms with van der Waals surface area (Å²) in [6.45, 7) is 8.37. The predicted octanol–water partition coefficient (Wildman–Crippen LogP) is 2.05. The highest BCUT2D eigenvalue weighted by molar-refractivity contribution is 6.01. The predicted molar refractivity (Wildman–Crippen MR) is 114 cm³/mol. The number of aryl methyl sites for hydroxylation is 1. The minimum absolute atomic E-state index is 0.0248. The smallest absolute Gasteiger partial charge is 0.229 e. The zero-order valence-corrected chi connectivity index (χ0v) is 18.9. The second-order valence-electron chi connectivity index (χ2n) is 9.25. The van der Waals surface area contributed by atoms with E-state index in [4.69, 9.17) is 4.74 Å². The van der Waals surface area contributed by atoms with Crippen LogP contribution in [0, 0.1) is 11.8 Å². The third kappa shape index (κ3) is 6.59. The first-order valence-electron chi connectivity index (χ1n) is 11.4. The van der Waals surface area contributed by atoms with Gasteiger partial charge in [-0.1, -0.05) is 5.21 Å². The van der Waals surface area contributed by atoms with E-state index in [2.05, 4.69) is 29.5 Å². The summed E-state index contributed by atoms with van der Waals surface area (Å²) in [5.41, 5.74) is 0.533. The Bertz CT molecular complexity index is 767. The molecule has 0 bridgehead atoms. The first kappa shape index (κ1) is 23.4. The molecule has 1 aromatic rings. The van der Waals surface area contributed by atoms with Gasteiger partial charge in [0.2, 0.25) is 17.7 Å². The van der Waals surface area contributed by atoms with Crippen LogP contribution >= 0.6 is 0 Å². The number of nitrogens with zero attached hydrogens (tertiary/aromatic N) is 4. The number of likely N-dealkylation sites (tertiary alicyclic amines) is 1. The van der Waals surface area contributed by atoms with Gasteiger partial charge in [0.25, 0.3) is 0 Å². The second kappa shape index (κ2) is 10.3. The minimum atomic E-state index is -0.205. The molecule has 0 aromatic carbocycles. The van der Waals surface area contributed by atoms with Gasteiger partial charge in [0.15, 0.2) is 0 Å². The summed E-state index contributed by atoms with van der Waals surface area (Å²) in [5.74, 6) is 0.205.